The molecule has 1 aliphatic heterocycles. The Labute approximate surface area is 171 Å². The van der Waals surface area contributed by atoms with E-state index in [1.165, 1.54) is 17.7 Å². The molecule has 2 atom stereocenters. The first-order chi connectivity index (χ1) is 14.2. The number of ether oxygens (including phenoxy) is 1. The molecular formula is C25H27FN2O. The molecule has 4 rings (SSSR count). The summed E-state index contributed by atoms with van der Waals surface area (Å²) in [4.78, 5) is 0. The maximum atomic E-state index is 13.3. The highest BCUT2D eigenvalue weighted by Crippen LogP contribution is 2.28. The average Bonchev–Trinajstić information content (AvgIpc) is 2.79. The fourth-order valence-electron chi connectivity index (χ4n) is 4.10. The molecule has 3 nitrogen and oxygen atoms in total. The summed E-state index contributed by atoms with van der Waals surface area (Å²) >= 11 is 0. The molecule has 0 radical (unpaired) electrons. The Balaban J connectivity index is 1.53. The monoisotopic (exact) mass is 390 g/mol. The molecule has 0 amide bonds. The first-order valence-corrected chi connectivity index (χ1v) is 10.2. The molecule has 0 bridgehead atoms. The van der Waals surface area contributed by atoms with Crippen LogP contribution in [-0.2, 0) is 6.54 Å². The topological polar surface area (TPSA) is 33.3 Å². The van der Waals surface area contributed by atoms with Gasteiger partial charge in [0, 0.05) is 24.2 Å². The SMILES string of the molecule is COc1ccc(-c2ccc(F)cc2)cc1CNC1CCCNC1c1ccccc1. The van der Waals surface area contributed by atoms with Gasteiger partial charge in [0.2, 0.25) is 0 Å². The quantitative estimate of drug-likeness (QED) is 0.615. The molecule has 150 valence electrons. The minimum Gasteiger partial charge on any atom is -0.496 e. The van der Waals surface area contributed by atoms with E-state index in [9.17, 15) is 4.39 Å². The molecule has 1 heterocycles. The van der Waals surface area contributed by atoms with Gasteiger partial charge in [0.1, 0.15) is 11.6 Å². The van der Waals surface area contributed by atoms with Gasteiger partial charge in [-0.05, 0) is 60.3 Å². The van der Waals surface area contributed by atoms with Crippen molar-refractivity contribution in [1.82, 2.24) is 10.6 Å². The van der Waals surface area contributed by atoms with E-state index in [2.05, 4.69) is 47.0 Å². The van der Waals surface area contributed by atoms with E-state index in [0.29, 0.717) is 18.6 Å². The molecular weight excluding hydrogens is 363 g/mol. The number of hydrogen-bond acceptors (Lipinski definition) is 3. The number of nitrogens with one attached hydrogen (secondary N) is 2. The maximum Gasteiger partial charge on any atom is 0.123 e. The second-order valence-electron chi connectivity index (χ2n) is 7.51. The van der Waals surface area contributed by atoms with Crippen molar-refractivity contribution in [3.63, 3.8) is 0 Å². The largest absolute Gasteiger partial charge is 0.496 e. The predicted molar refractivity (Wildman–Crippen MR) is 115 cm³/mol. The van der Waals surface area contributed by atoms with Gasteiger partial charge in [0.15, 0.2) is 0 Å². The Morgan fingerprint density at radius 3 is 2.52 bits per heavy atom. The lowest BCUT2D eigenvalue weighted by Gasteiger charge is -2.34. The van der Waals surface area contributed by atoms with Crippen LogP contribution in [0, 0.1) is 5.82 Å². The molecule has 3 aromatic carbocycles. The van der Waals surface area contributed by atoms with Crippen LogP contribution in [0.15, 0.2) is 72.8 Å². The van der Waals surface area contributed by atoms with E-state index < -0.39 is 0 Å². The van der Waals surface area contributed by atoms with Crippen LogP contribution in [0.2, 0.25) is 0 Å². The van der Waals surface area contributed by atoms with E-state index in [-0.39, 0.29) is 5.82 Å². The maximum absolute atomic E-state index is 13.3. The van der Waals surface area contributed by atoms with Crippen molar-refractivity contribution in [3.8, 4) is 16.9 Å². The number of piperidine rings is 1. The number of benzene rings is 3. The first-order valence-electron chi connectivity index (χ1n) is 10.2. The van der Waals surface area contributed by atoms with E-state index in [0.717, 1.165) is 41.8 Å². The number of halogens is 1. The molecule has 1 fully saturated rings. The molecule has 1 saturated heterocycles. The van der Waals surface area contributed by atoms with Crippen molar-refractivity contribution in [2.45, 2.75) is 31.5 Å². The zero-order valence-electron chi connectivity index (χ0n) is 16.7. The first kappa shape index (κ1) is 19.6. The van der Waals surface area contributed by atoms with Crippen LogP contribution in [0.25, 0.3) is 11.1 Å². The zero-order chi connectivity index (χ0) is 20.1. The Bertz CT molecular complexity index is 927. The molecule has 2 N–H and O–H groups in total. The fraction of sp³-hybridized carbons (Fsp3) is 0.280. The van der Waals surface area contributed by atoms with Gasteiger partial charge in [-0.3, -0.25) is 0 Å². The molecule has 4 heteroatoms. The van der Waals surface area contributed by atoms with Crippen molar-refractivity contribution in [2.75, 3.05) is 13.7 Å². The summed E-state index contributed by atoms with van der Waals surface area (Å²) in [6.07, 6.45) is 2.29. The Morgan fingerprint density at radius 2 is 1.76 bits per heavy atom. The smallest absolute Gasteiger partial charge is 0.123 e. The summed E-state index contributed by atoms with van der Waals surface area (Å²) in [6.45, 7) is 1.76. The molecule has 0 spiro atoms. The van der Waals surface area contributed by atoms with Crippen LogP contribution in [0.3, 0.4) is 0 Å². The van der Waals surface area contributed by atoms with E-state index in [1.807, 2.05) is 24.3 Å². The van der Waals surface area contributed by atoms with Crippen LogP contribution in [0.5, 0.6) is 5.75 Å². The van der Waals surface area contributed by atoms with Crippen molar-refractivity contribution in [2.24, 2.45) is 0 Å². The van der Waals surface area contributed by atoms with Crippen LogP contribution < -0.4 is 15.4 Å². The Hall–Kier alpha value is -2.69. The second-order valence-corrected chi connectivity index (χ2v) is 7.51. The summed E-state index contributed by atoms with van der Waals surface area (Å²) < 4.78 is 18.9. The van der Waals surface area contributed by atoms with Crippen molar-refractivity contribution < 1.29 is 9.13 Å². The van der Waals surface area contributed by atoms with Gasteiger partial charge in [0.25, 0.3) is 0 Å². The summed E-state index contributed by atoms with van der Waals surface area (Å²) in [5.41, 5.74) is 4.48. The summed E-state index contributed by atoms with van der Waals surface area (Å²) in [6, 6.07) is 24.0. The van der Waals surface area contributed by atoms with Gasteiger partial charge in [-0.25, -0.2) is 4.39 Å². The molecule has 0 aromatic heterocycles. The normalized spacial score (nSPS) is 19.1. The van der Waals surface area contributed by atoms with Crippen molar-refractivity contribution >= 4 is 0 Å². The van der Waals surface area contributed by atoms with Crippen LogP contribution in [0.1, 0.15) is 30.0 Å². The van der Waals surface area contributed by atoms with E-state index >= 15 is 0 Å². The van der Waals surface area contributed by atoms with Crippen LogP contribution in [-0.4, -0.2) is 19.7 Å². The number of methoxy groups -OCH3 is 1. The highest BCUT2D eigenvalue weighted by Gasteiger charge is 2.25. The molecule has 29 heavy (non-hydrogen) atoms. The number of hydrogen-bond donors (Lipinski definition) is 2. The third-order valence-electron chi connectivity index (χ3n) is 5.63. The highest BCUT2D eigenvalue weighted by atomic mass is 19.1. The Kier molecular flexibility index (Phi) is 6.23. The van der Waals surface area contributed by atoms with Gasteiger partial charge < -0.3 is 15.4 Å². The molecule has 2 unspecified atom stereocenters. The van der Waals surface area contributed by atoms with Crippen LogP contribution >= 0.6 is 0 Å². The van der Waals surface area contributed by atoms with Gasteiger partial charge in [-0.15, -0.1) is 0 Å². The molecule has 3 aromatic rings. The minimum absolute atomic E-state index is 0.221. The van der Waals surface area contributed by atoms with Gasteiger partial charge in [-0.2, -0.15) is 0 Å². The lowest BCUT2D eigenvalue weighted by molar-refractivity contribution is 0.303. The van der Waals surface area contributed by atoms with Crippen molar-refractivity contribution in [3.05, 3.63) is 89.7 Å². The highest BCUT2D eigenvalue weighted by molar-refractivity contribution is 5.65. The second kappa shape index (κ2) is 9.21. The summed E-state index contributed by atoms with van der Waals surface area (Å²) in [5.74, 6) is 0.643. The van der Waals surface area contributed by atoms with E-state index in [1.54, 1.807) is 7.11 Å². The van der Waals surface area contributed by atoms with Gasteiger partial charge in [-0.1, -0.05) is 48.5 Å². The number of rotatable bonds is 6. The minimum atomic E-state index is -0.221. The average molecular weight is 391 g/mol. The predicted octanol–water partition coefficient (Wildman–Crippen LogP) is 5.08. The van der Waals surface area contributed by atoms with Crippen LogP contribution in [0.4, 0.5) is 4.39 Å². The third kappa shape index (κ3) is 4.66. The zero-order valence-corrected chi connectivity index (χ0v) is 16.7. The summed E-state index contributed by atoms with van der Waals surface area (Å²) in [5, 5.41) is 7.41. The van der Waals surface area contributed by atoms with E-state index in [4.69, 9.17) is 4.74 Å². The lowest BCUT2D eigenvalue weighted by Crippen LogP contribution is -2.45. The van der Waals surface area contributed by atoms with Gasteiger partial charge >= 0.3 is 0 Å². The fourth-order valence-corrected chi connectivity index (χ4v) is 4.10. The van der Waals surface area contributed by atoms with Gasteiger partial charge in [0.05, 0.1) is 7.11 Å². The summed E-state index contributed by atoms with van der Waals surface area (Å²) in [7, 11) is 1.70. The lowest BCUT2D eigenvalue weighted by atomic mass is 9.92. The Morgan fingerprint density at radius 1 is 1.00 bits per heavy atom. The molecule has 0 aliphatic carbocycles. The standard InChI is InChI=1S/C25H27FN2O/c1-29-24-14-11-20(18-9-12-22(26)13-10-18)16-21(24)17-28-23-8-5-15-27-25(23)19-6-3-2-4-7-19/h2-4,6-7,9-14,16,23,25,27-28H,5,8,15,17H2,1H3. The van der Waals surface area contributed by atoms with Crippen molar-refractivity contribution in [1.29, 1.82) is 0 Å². The molecule has 1 aliphatic rings. The molecule has 0 saturated carbocycles. The third-order valence-corrected chi connectivity index (χ3v) is 5.63.